The maximum absolute atomic E-state index is 12.5. The van der Waals surface area contributed by atoms with E-state index in [1.165, 1.54) is 5.56 Å². The second-order valence-corrected chi connectivity index (χ2v) is 6.88. The third kappa shape index (κ3) is 5.42. The number of benzene rings is 1. The number of carbonyl (C=O) groups is 1. The number of ether oxygens (including phenoxy) is 2. The van der Waals surface area contributed by atoms with Crippen molar-refractivity contribution in [2.45, 2.75) is 31.5 Å². The van der Waals surface area contributed by atoms with Crippen LogP contribution in [0.1, 0.15) is 18.4 Å². The zero-order valence-corrected chi connectivity index (χ0v) is 15.0. The summed E-state index contributed by atoms with van der Waals surface area (Å²) in [5.74, 6) is 0. The number of rotatable bonds is 5. The van der Waals surface area contributed by atoms with Crippen LogP contribution in [0.2, 0.25) is 0 Å². The topological polar surface area (TPSA) is 54.0 Å². The molecule has 2 fully saturated rings. The van der Waals surface area contributed by atoms with Gasteiger partial charge in [-0.1, -0.05) is 30.3 Å². The average Bonchev–Trinajstić information content (AvgIpc) is 2.65. The molecule has 25 heavy (non-hydrogen) atoms. The van der Waals surface area contributed by atoms with Crippen molar-refractivity contribution in [3.05, 3.63) is 35.9 Å². The van der Waals surface area contributed by atoms with Gasteiger partial charge in [-0.15, -0.1) is 0 Å². The van der Waals surface area contributed by atoms with Gasteiger partial charge in [-0.05, 0) is 18.4 Å². The van der Waals surface area contributed by atoms with E-state index >= 15 is 0 Å². The van der Waals surface area contributed by atoms with Crippen molar-refractivity contribution in [1.29, 1.82) is 0 Å². The molecule has 6 nitrogen and oxygen atoms in total. The van der Waals surface area contributed by atoms with E-state index in [1.54, 1.807) is 7.11 Å². The predicted molar refractivity (Wildman–Crippen MR) is 96.5 cm³/mol. The Kier molecular flexibility index (Phi) is 6.67. The monoisotopic (exact) mass is 347 g/mol. The molecule has 2 amide bonds. The number of nitrogens with one attached hydrogen (secondary N) is 1. The lowest BCUT2D eigenvalue weighted by Gasteiger charge is -2.36. The molecule has 0 saturated carbocycles. The van der Waals surface area contributed by atoms with Crippen LogP contribution < -0.4 is 5.32 Å². The zero-order chi connectivity index (χ0) is 17.5. The van der Waals surface area contributed by atoms with Crippen molar-refractivity contribution in [3.8, 4) is 0 Å². The molecule has 2 aliphatic heterocycles. The van der Waals surface area contributed by atoms with Crippen LogP contribution in [0.3, 0.4) is 0 Å². The molecular weight excluding hydrogens is 318 g/mol. The Balaban J connectivity index is 1.40. The van der Waals surface area contributed by atoms with Crippen LogP contribution in [0.15, 0.2) is 30.3 Å². The van der Waals surface area contributed by atoms with E-state index in [4.69, 9.17) is 9.47 Å². The maximum Gasteiger partial charge on any atom is 0.317 e. The summed E-state index contributed by atoms with van der Waals surface area (Å²) in [5, 5.41) is 3.20. The number of methoxy groups -OCH3 is 1. The number of hydrogen-bond acceptors (Lipinski definition) is 4. The van der Waals surface area contributed by atoms with Gasteiger partial charge in [0.2, 0.25) is 0 Å². The van der Waals surface area contributed by atoms with Gasteiger partial charge in [0.1, 0.15) is 0 Å². The predicted octanol–water partition coefficient (Wildman–Crippen LogP) is 1.71. The molecule has 1 atom stereocenters. The SMILES string of the molecule is COCC1CN(C(=O)NC2CCN(Cc3ccccc3)CC2)CCO1. The van der Waals surface area contributed by atoms with Crippen molar-refractivity contribution in [1.82, 2.24) is 15.1 Å². The van der Waals surface area contributed by atoms with E-state index in [9.17, 15) is 4.79 Å². The Hall–Kier alpha value is -1.63. The lowest BCUT2D eigenvalue weighted by atomic mass is 10.0. The first kappa shape index (κ1) is 18.2. The molecule has 0 aliphatic carbocycles. The van der Waals surface area contributed by atoms with Gasteiger partial charge in [-0.25, -0.2) is 4.79 Å². The molecule has 138 valence electrons. The summed E-state index contributed by atoms with van der Waals surface area (Å²) in [5.41, 5.74) is 1.35. The zero-order valence-electron chi connectivity index (χ0n) is 15.0. The molecule has 0 aromatic heterocycles. The fraction of sp³-hybridized carbons (Fsp3) is 0.632. The Morgan fingerprint density at radius 3 is 2.72 bits per heavy atom. The van der Waals surface area contributed by atoms with E-state index in [-0.39, 0.29) is 18.2 Å². The molecular formula is C19H29N3O3. The number of urea groups is 1. The number of amides is 2. The number of morpholine rings is 1. The van der Waals surface area contributed by atoms with Crippen LogP contribution in [-0.2, 0) is 16.0 Å². The largest absolute Gasteiger partial charge is 0.382 e. The molecule has 0 radical (unpaired) electrons. The van der Waals surface area contributed by atoms with Crippen molar-refractivity contribution < 1.29 is 14.3 Å². The molecule has 2 heterocycles. The van der Waals surface area contributed by atoms with Gasteiger partial charge in [0.05, 0.1) is 25.9 Å². The highest BCUT2D eigenvalue weighted by Gasteiger charge is 2.27. The minimum Gasteiger partial charge on any atom is -0.382 e. The van der Waals surface area contributed by atoms with Crippen LogP contribution >= 0.6 is 0 Å². The molecule has 1 N–H and O–H groups in total. The Labute approximate surface area is 150 Å². The lowest BCUT2D eigenvalue weighted by Crippen LogP contribution is -2.54. The highest BCUT2D eigenvalue weighted by molar-refractivity contribution is 5.74. The summed E-state index contributed by atoms with van der Waals surface area (Å²) in [6.07, 6.45) is 1.99. The Bertz CT molecular complexity index is 530. The fourth-order valence-electron chi connectivity index (χ4n) is 3.53. The number of likely N-dealkylation sites (tertiary alicyclic amines) is 1. The maximum atomic E-state index is 12.5. The number of nitrogens with zero attached hydrogens (tertiary/aromatic N) is 2. The summed E-state index contributed by atoms with van der Waals surface area (Å²) in [7, 11) is 1.66. The third-order valence-electron chi connectivity index (χ3n) is 4.94. The van der Waals surface area contributed by atoms with Crippen LogP contribution in [0.5, 0.6) is 0 Å². The Morgan fingerprint density at radius 2 is 2.00 bits per heavy atom. The first-order valence-corrected chi connectivity index (χ1v) is 9.17. The highest BCUT2D eigenvalue weighted by Crippen LogP contribution is 2.15. The van der Waals surface area contributed by atoms with E-state index in [2.05, 4.69) is 34.5 Å². The normalized spacial score (nSPS) is 22.8. The van der Waals surface area contributed by atoms with E-state index in [1.807, 2.05) is 11.0 Å². The van der Waals surface area contributed by atoms with E-state index in [0.29, 0.717) is 26.3 Å². The molecule has 2 aliphatic rings. The standard InChI is InChI=1S/C19H29N3O3/c1-24-15-18-14-22(11-12-25-18)19(23)20-17-7-9-21(10-8-17)13-16-5-3-2-4-6-16/h2-6,17-18H,7-15H2,1H3,(H,20,23). The van der Waals surface area contributed by atoms with Crippen LogP contribution in [0.25, 0.3) is 0 Å². The number of piperidine rings is 1. The van der Waals surface area contributed by atoms with E-state index < -0.39 is 0 Å². The molecule has 3 rings (SSSR count). The molecule has 6 heteroatoms. The molecule has 1 aromatic carbocycles. The average molecular weight is 347 g/mol. The van der Waals surface area contributed by atoms with E-state index in [0.717, 1.165) is 32.5 Å². The summed E-state index contributed by atoms with van der Waals surface area (Å²) < 4.78 is 10.7. The van der Waals surface area contributed by atoms with Crippen LogP contribution in [0.4, 0.5) is 4.79 Å². The summed E-state index contributed by atoms with van der Waals surface area (Å²) in [6.45, 7) is 5.40. The second-order valence-electron chi connectivity index (χ2n) is 6.88. The first-order chi connectivity index (χ1) is 12.2. The van der Waals surface area contributed by atoms with Crippen molar-refractivity contribution in [2.24, 2.45) is 0 Å². The second kappa shape index (κ2) is 9.17. The smallest absolute Gasteiger partial charge is 0.317 e. The molecule has 2 saturated heterocycles. The van der Waals surface area contributed by atoms with Crippen molar-refractivity contribution >= 4 is 6.03 Å². The van der Waals surface area contributed by atoms with Gasteiger partial charge in [-0.2, -0.15) is 0 Å². The molecule has 0 bridgehead atoms. The molecule has 0 spiro atoms. The van der Waals surface area contributed by atoms with Crippen molar-refractivity contribution in [3.63, 3.8) is 0 Å². The summed E-state index contributed by atoms with van der Waals surface area (Å²) in [4.78, 5) is 16.8. The number of hydrogen-bond donors (Lipinski definition) is 1. The van der Waals surface area contributed by atoms with Gasteiger partial charge in [-0.3, -0.25) is 4.90 Å². The fourth-order valence-corrected chi connectivity index (χ4v) is 3.53. The van der Waals surface area contributed by atoms with Crippen molar-refractivity contribution in [2.75, 3.05) is 46.5 Å². The van der Waals surface area contributed by atoms with Gasteiger partial charge < -0.3 is 19.7 Å². The lowest BCUT2D eigenvalue weighted by molar-refractivity contribution is -0.0497. The van der Waals surface area contributed by atoms with Gasteiger partial charge >= 0.3 is 6.03 Å². The highest BCUT2D eigenvalue weighted by atomic mass is 16.5. The van der Waals surface area contributed by atoms with Crippen LogP contribution in [-0.4, -0.2) is 74.5 Å². The summed E-state index contributed by atoms with van der Waals surface area (Å²) >= 11 is 0. The molecule has 1 aromatic rings. The minimum absolute atomic E-state index is 0.0165. The van der Waals surface area contributed by atoms with Gasteiger partial charge in [0, 0.05) is 39.3 Å². The minimum atomic E-state index is -0.0165. The molecule has 1 unspecified atom stereocenters. The van der Waals surface area contributed by atoms with Gasteiger partial charge in [0.25, 0.3) is 0 Å². The third-order valence-corrected chi connectivity index (χ3v) is 4.94. The summed E-state index contributed by atoms with van der Waals surface area (Å²) in [6, 6.07) is 10.9. The van der Waals surface area contributed by atoms with Gasteiger partial charge in [0.15, 0.2) is 0 Å². The first-order valence-electron chi connectivity index (χ1n) is 9.17. The Morgan fingerprint density at radius 1 is 1.24 bits per heavy atom. The quantitative estimate of drug-likeness (QED) is 0.881. The number of carbonyl (C=O) groups excluding carboxylic acids is 1. The van der Waals surface area contributed by atoms with Crippen LogP contribution in [0, 0.1) is 0 Å².